The molecule has 1 saturated carbocycles. The smallest absolute Gasteiger partial charge is 0.237 e. The van der Waals surface area contributed by atoms with Crippen LogP contribution in [-0.4, -0.2) is 26.5 Å². The van der Waals surface area contributed by atoms with Crippen LogP contribution in [0.3, 0.4) is 0 Å². The molecule has 0 unspecified atom stereocenters. The third kappa shape index (κ3) is 5.01. The van der Waals surface area contributed by atoms with Gasteiger partial charge in [-0.05, 0) is 48.9 Å². The quantitative estimate of drug-likeness (QED) is 0.250. The number of rotatable bonds is 7. The highest BCUT2D eigenvalue weighted by molar-refractivity contribution is 6.32. The summed E-state index contributed by atoms with van der Waals surface area (Å²) in [6.45, 7) is 8.90. The van der Waals surface area contributed by atoms with E-state index in [2.05, 4.69) is 52.8 Å². The van der Waals surface area contributed by atoms with Crippen LogP contribution in [0, 0.1) is 22.7 Å². The standard InChI is InChI=1S/C28H28Cl2FN7/c1-27(2,3)15-34-22-16(13-32)14-33-23-19(22)11-17(29)12-21(23)35-24(18-7-5-6-8-20(18)30)25-26(31)38(37-36-25)28(4)9-10-28/h5-8,11-12,14,24,35H,9-10,15H2,1-4H3,(H,33,34)/t24-/m0/s1. The van der Waals surface area contributed by atoms with Gasteiger partial charge in [0.25, 0.3) is 0 Å². The first-order valence-electron chi connectivity index (χ1n) is 12.4. The van der Waals surface area contributed by atoms with E-state index in [1.807, 2.05) is 25.1 Å². The van der Waals surface area contributed by atoms with E-state index >= 15 is 4.39 Å². The zero-order chi connectivity index (χ0) is 27.2. The van der Waals surface area contributed by atoms with Crippen LogP contribution < -0.4 is 10.6 Å². The van der Waals surface area contributed by atoms with E-state index in [-0.39, 0.29) is 16.6 Å². The zero-order valence-electron chi connectivity index (χ0n) is 21.6. The summed E-state index contributed by atoms with van der Waals surface area (Å²) in [5.41, 5.74) is 2.53. The first-order valence-corrected chi connectivity index (χ1v) is 13.2. The molecule has 1 fully saturated rings. The predicted molar refractivity (Wildman–Crippen MR) is 149 cm³/mol. The number of nitriles is 1. The summed E-state index contributed by atoms with van der Waals surface area (Å²) in [4.78, 5) is 4.59. The van der Waals surface area contributed by atoms with Crippen molar-refractivity contribution >= 4 is 45.5 Å². The van der Waals surface area contributed by atoms with Gasteiger partial charge < -0.3 is 10.6 Å². The molecule has 0 spiro atoms. The maximum Gasteiger partial charge on any atom is 0.237 e. The summed E-state index contributed by atoms with van der Waals surface area (Å²) < 4.78 is 17.1. The number of nitrogens with zero attached hydrogens (tertiary/aromatic N) is 5. The molecule has 2 aromatic heterocycles. The lowest BCUT2D eigenvalue weighted by molar-refractivity contribution is 0.371. The number of hydrogen-bond donors (Lipinski definition) is 2. The third-order valence-corrected chi connectivity index (χ3v) is 7.33. The van der Waals surface area contributed by atoms with Gasteiger partial charge in [0.1, 0.15) is 17.8 Å². The Kier molecular flexibility index (Phi) is 6.70. The van der Waals surface area contributed by atoms with Crippen molar-refractivity contribution in [3.63, 3.8) is 0 Å². The lowest BCUT2D eigenvalue weighted by Crippen LogP contribution is -2.20. The molecule has 7 nitrogen and oxygen atoms in total. The normalized spacial score (nSPS) is 15.2. The summed E-state index contributed by atoms with van der Waals surface area (Å²) in [6.07, 6.45) is 3.21. The highest BCUT2D eigenvalue weighted by atomic mass is 35.5. The zero-order valence-corrected chi connectivity index (χ0v) is 23.1. The topological polar surface area (TPSA) is 91.4 Å². The minimum Gasteiger partial charge on any atom is -0.383 e. The molecule has 196 valence electrons. The Balaban J connectivity index is 1.65. The number of aromatic nitrogens is 4. The Labute approximate surface area is 231 Å². The number of hydrogen-bond acceptors (Lipinski definition) is 6. The van der Waals surface area contributed by atoms with Gasteiger partial charge in [-0.1, -0.05) is 67.4 Å². The van der Waals surface area contributed by atoms with E-state index in [1.165, 1.54) is 10.9 Å². The van der Waals surface area contributed by atoms with Gasteiger partial charge in [0.05, 0.1) is 28.0 Å². The van der Waals surface area contributed by atoms with Gasteiger partial charge in [0, 0.05) is 28.2 Å². The van der Waals surface area contributed by atoms with Crippen molar-refractivity contribution in [2.75, 3.05) is 17.2 Å². The minimum absolute atomic E-state index is 0.0291. The SMILES string of the molecule is CC(C)(C)CNc1c(C#N)cnc2c(N[C@@H](c3ccccc3Cl)c3nnn(C4(C)CC4)c3F)cc(Cl)cc12. The molecule has 0 amide bonds. The number of halogens is 3. The lowest BCUT2D eigenvalue weighted by atomic mass is 9.96. The van der Waals surface area contributed by atoms with E-state index in [1.54, 1.807) is 18.2 Å². The number of nitrogens with one attached hydrogen (secondary N) is 2. The van der Waals surface area contributed by atoms with Crippen LogP contribution in [0.5, 0.6) is 0 Å². The van der Waals surface area contributed by atoms with E-state index in [0.29, 0.717) is 50.0 Å². The molecule has 0 saturated heterocycles. The summed E-state index contributed by atoms with van der Waals surface area (Å²) >= 11 is 13.2. The second kappa shape index (κ2) is 9.72. The molecule has 0 radical (unpaired) electrons. The summed E-state index contributed by atoms with van der Waals surface area (Å²) in [7, 11) is 0. The molecule has 5 rings (SSSR count). The maximum absolute atomic E-state index is 15.8. The van der Waals surface area contributed by atoms with Crippen LogP contribution >= 0.6 is 23.2 Å². The minimum atomic E-state index is -0.773. The molecule has 2 aromatic carbocycles. The molecule has 1 atom stereocenters. The summed E-state index contributed by atoms with van der Waals surface area (Å²) in [5, 5.41) is 26.5. The van der Waals surface area contributed by atoms with E-state index in [9.17, 15) is 5.26 Å². The molecule has 0 aliphatic heterocycles. The summed E-state index contributed by atoms with van der Waals surface area (Å²) in [6, 6.07) is 12.2. The van der Waals surface area contributed by atoms with Crippen molar-refractivity contribution in [1.82, 2.24) is 20.0 Å². The van der Waals surface area contributed by atoms with Gasteiger partial charge >= 0.3 is 0 Å². The molecule has 10 heteroatoms. The summed E-state index contributed by atoms with van der Waals surface area (Å²) in [5.74, 6) is -0.513. The molecule has 2 heterocycles. The van der Waals surface area contributed by atoms with Crippen LogP contribution in [0.1, 0.15) is 63.4 Å². The van der Waals surface area contributed by atoms with Crippen molar-refractivity contribution in [2.24, 2.45) is 5.41 Å². The van der Waals surface area contributed by atoms with Gasteiger partial charge in [-0.2, -0.15) is 9.65 Å². The van der Waals surface area contributed by atoms with Crippen LogP contribution in [-0.2, 0) is 5.54 Å². The molecule has 38 heavy (non-hydrogen) atoms. The van der Waals surface area contributed by atoms with Gasteiger partial charge in [-0.3, -0.25) is 4.98 Å². The van der Waals surface area contributed by atoms with Crippen molar-refractivity contribution in [2.45, 2.75) is 52.1 Å². The second-order valence-corrected chi connectivity index (χ2v) is 12.0. The largest absolute Gasteiger partial charge is 0.383 e. The fourth-order valence-corrected chi connectivity index (χ4v) is 4.82. The van der Waals surface area contributed by atoms with Crippen molar-refractivity contribution in [1.29, 1.82) is 5.26 Å². The fourth-order valence-electron chi connectivity index (χ4n) is 4.36. The van der Waals surface area contributed by atoms with Crippen molar-refractivity contribution in [3.8, 4) is 6.07 Å². The van der Waals surface area contributed by atoms with Crippen molar-refractivity contribution in [3.05, 3.63) is 75.4 Å². The first-order chi connectivity index (χ1) is 18.0. The van der Waals surface area contributed by atoms with Crippen molar-refractivity contribution < 1.29 is 4.39 Å². The van der Waals surface area contributed by atoms with Gasteiger partial charge in [0.15, 0.2) is 0 Å². The Morgan fingerprint density at radius 1 is 1.21 bits per heavy atom. The van der Waals surface area contributed by atoms with Crippen LogP contribution in [0.25, 0.3) is 10.9 Å². The number of anilines is 2. The predicted octanol–water partition coefficient (Wildman–Crippen LogP) is 7.31. The molecule has 1 aliphatic rings. The molecule has 1 aliphatic carbocycles. The fraction of sp³-hybridized carbons (Fsp3) is 0.357. The number of fused-ring (bicyclic) bond motifs is 1. The second-order valence-electron chi connectivity index (χ2n) is 11.2. The highest BCUT2D eigenvalue weighted by Crippen LogP contribution is 2.44. The Hall–Kier alpha value is -3.41. The maximum atomic E-state index is 15.8. The number of benzene rings is 2. The average Bonchev–Trinajstić information content (AvgIpc) is 3.49. The molecular weight excluding hydrogens is 524 g/mol. The van der Waals surface area contributed by atoms with Crippen LogP contribution in [0.4, 0.5) is 15.8 Å². The molecule has 4 aromatic rings. The Morgan fingerprint density at radius 2 is 1.95 bits per heavy atom. The van der Waals surface area contributed by atoms with E-state index in [0.717, 1.165) is 12.8 Å². The Bertz CT molecular complexity index is 1560. The van der Waals surface area contributed by atoms with Crippen LogP contribution in [0.15, 0.2) is 42.6 Å². The number of pyridine rings is 1. The third-order valence-electron chi connectivity index (χ3n) is 6.77. The average molecular weight is 552 g/mol. The van der Waals surface area contributed by atoms with Gasteiger partial charge in [-0.25, -0.2) is 4.68 Å². The Morgan fingerprint density at radius 3 is 2.61 bits per heavy atom. The van der Waals surface area contributed by atoms with Gasteiger partial charge in [-0.15, -0.1) is 5.10 Å². The monoisotopic (exact) mass is 551 g/mol. The first kappa shape index (κ1) is 26.2. The van der Waals surface area contributed by atoms with E-state index < -0.39 is 12.0 Å². The van der Waals surface area contributed by atoms with E-state index in [4.69, 9.17) is 23.2 Å². The van der Waals surface area contributed by atoms with Crippen LogP contribution in [0.2, 0.25) is 10.0 Å². The highest BCUT2D eigenvalue weighted by Gasteiger charge is 2.44. The van der Waals surface area contributed by atoms with Gasteiger partial charge in [0.2, 0.25) is 5.95 Å². The molecule has 2 N–H and O–H groups in total. The molecule has 0 bridgehead atoms. The lowest BCUT2D eigenvalue weighted by Gasteiger charge is -2.23. The molecular formula is C28H28Cl2FN7.